The van der Waals surface area contributed by atoms with Crippen molar-refractivity contribution < 1.29 is 9.90 Å². The number of amides is 1. The van der Waals surface area contributed by atoms with Crippen molar-refractivity contribution >= 4 is 11.6 Å². The number of primary amides is 1. The highest BCUT2D eigenvalue weighted by Crippen LogP contribution is 2.27. The van der Waals surface area contributed by atoms with Crippen molar-refractivity contribution in [1.82, 2.24) is 0 Å². The average Bonchev–Trinajstić information content (AvgIpc) is 2.42. The Balaban J connectivity index is 2.37. The van der Waals surface area contributed by atoms with Gasteiger partial charge in [0.1, 0.15) is 11.3 Å². The number of phenolic OH excluding ortho intramolecular Hbond substituents is 1. The van der Waals surface area contributed by atoms with E-state index in [-0.39, 0.29) is 5.75 Å². The van der Waals surface area contributed by atoms with E-state index in [1.807, 2.05) is 31.2 Å². The van der Waals surface area contributed by atoms with Gasteiger partial charge in [0.15, 0.2) is 0 Å². The number of carbonyl (C=O) groups is 1. The van der Waals surface area contributed by atoms with Crippen LogP contribution in [0.2, 0.25) is 0 Å². The summed E-state index contributed by atoms with van der Waals surface area (Å²) < 4.78 is 0. The molecule has 2 aromatic carbocycles. The Morgan fingerprint density at radius 3 is 2.15 bits per heavy atom. The van der Waals surface area contributed by atoms with Gasteiger partial charge in [-0.15, -0.1) is 0 Å². The molecule has 0 aliphatic rings. The largest absolute Gasteiger partial charge is 0.508 e. The number of nitrogens with two attached hydrogens (primary N) is 1. The highest BCUT2D eigenvalue weighted by molar-refractivity contribution is 5.89. The first-order chi connectivity index (χ1) is 9.41. The summed E-state index contributed by atoms with van der Waals surface area (Å²) in [6.07, 6.45) is 0. The SMILES string of the molecule is Cc1ccc(NC(C)(C(N)=O)c2ccc(O)cc2)cc1. The van der Waals surface area contributed by atoms with E-state index in [9.17, 15) is 9.90 Å². The molecule has 0 aliphatic carbocycles. The lowest BCUT2D eigenvalue weighted by Gasteiger charge is -2.29. The Hall–Kier alpha value is -2.49. The first-order valence-corrected chi connectivity index (χ1v) is 6.36. The number of hydrogen-bond donors (Lipinski definition) is 3. The number of rotatable bonds is 4. The number of phenols is 1. The predicted molar refractivity (Wildman–Crippen MR) is 79.5 cm³/mol. The summed E-state index contributed by atoms with van der Waals surface area (Å²) in [6, 6.07) is 14.2. The van der Waals surface area contributed by atoms with Crippen molar-refractivity contribution in [2.75, 3.05) is 5.32 Å². The zero-order chi connectivity index (χ0) is 14.8. The molecule has 0 heterocycles. The number of aryl methyl sites for hydroxylation is 1. The van der Waals surface area contributed by atoms with Crippen LogP contribution in [0.25, 0.3) is 0 Å². The number of nitrogens with one attached hydrogen (secondary N) is 1. The van der Waals surface area contributed by atoms with Crippen LogP contribution in [0.15, 0.2) is 48.5 Å². The highest BCUT2D eigenvalue weighted by Gasteiger charge is 2.33. The number of hydrogen-bond acceptors (Lipinski definition) is 3. The van der Waals surface area contributed by atoms with Gasteiger partial charge in [0.2, 0.25) is 5.91 Å². The maximum Gasteiger partial charge on any atom is 0.247 e. The van der Waals surface area contributed by atoms with Crippen LogP contribution in [0.5, 0.6) is 5.75 Å². The molecule has 2 aromatic rings. The summed E-state index contributed by atoms with van der Waals surface area (Å²) in [6.45, 7) is 3.72. The topological polar surface area (TPSA) is 75.3 Å². The Kier molecular flexibility index (Phi) is 3.66. The van der Waals surface area contributed by atoms with E-state index >= 15 is 0 Å². The summed E-state index contributed by atoms with van der Waals surface area (Å²) in [5.41, 5.74) is 7.16. The van der Waals surface area contributed by atoms with Gasteiger partial charge in [0, 0.05) is 5.69 Å². The predicted octanol–water partition coefficient (Wildman–Crippen LogP) is 2.51. The van der Waals surface area contributed by atoms with Gasteiger partial charge in [-0.1, -0.05) is 29.8 Å². The third-order valence-electron chi connectivity index (χ3n) is 3.38. The van der Waals surface area contributed by atoms with Crippen LogP contribution in [0, 0.1) is 6.92 Å². The third kappa shape index (κ3) is 2.74. The van der Waals surface area contributed by atoms with E-state index in [0.717, 1.165) is 11.3 Å². The molecule has 0 saturated heterocycles. The smallest absolute Gasteiger partial charge is 0.247 e. The second-order valence-electron chi connectivity index (χ2n) is 5.03. The Bertz CT molecular complexity index is 605. The van der Waals surface area contributed by atoms with Crippen molar-refractivity contribution in [3.63, 3.8) is 0 Å². The van der Waals surface area contributed by atoms with Crippen LogP contribution in [0.1, 0.15) is 18.1 Å². The summed E-state index contributed by atoms with van der Waals surface area (Å²) in [4.78, 5) is 11.9. The summed E-state index contributed by atoms with van der Waals surface area (Å²) in [5, 5.41) is 12.5. The normalized spacial score (nSPS) is 13.5. The molecule has 4 N–H and O–H groups in total. The molecular weight excluding hydrogens is 252 g/mol. The lowest BCUT2D eigenvalue weighted by Crippen LogP contribution is -2.45. The molecule has 1 atom stereocenters. The standard InChI is InChI=1S/C16H18N2O2/c1-11-3-7-13(8-4-11)18-16(2,15(17)20)12-5-9-14(19)10-6-12/h3-10,18-19H,1-2H3,(H2,17,20). The molecule has 2 rings (SSSR count). The zero-order valence-electron chi connectivity index (χ0n) is 11.6. The molecular formula is C16H18N2O2. The molecule has 0 bridgehead atoms. The summed E-state index contributed by atoms with van der Waals surface area (Å²) >= 11 is 0. The Morgan fingerprint density at radius 1 is 1.10 bits per heavy atom. The number of carbonyl (C=O) groups excluding carboxylic acids is 1. The lowest BCUT2D eigenvalue weighted by atomic mass is 9.90. The van der Waals surface area contributed by atoms with Gasteiger partial charge in [0.05, 0.1) is 0 Å². The molecule has 0 aliphatic heterocycles. The van der Waals surface area contributed by atoms with Crippen molar-refractivity contribution in [3.05, 3.63) is 59.7 Å². The number of benzene rings is 2. The number of aromatic hydroxyl groups is 1. The number of anilines is 1. The van der Waals surface area contributed by atoms with E-state index in [2.05, 4.69) is 5.32 Å². The molecule has 0 aromatic heterocycles. The van der Waals surface area contributed by atoms with E-state index in [1.165, 1.54) is 12.1 Å². The van der Waals surface area contributed by atoms with Crippen LogP contribution in [0.4, 0.5) is 5.69 Å². The average molecular weight is 270 g/mol. The second-order valence-corrected chi connectivity index (χ2v) is 5.03. The highest BCUT2D eigenvalue weighted by atomic mass is 16.3. The van der Waals surface area contributed by atoms with Gasteiger partial charge < -0.3 is 16.2 Å². The van der Waals surface area contributed by atoms with Gasteiger partial charge in [-0.2, -0.15) is 0 Å². The van der Waals surface area contributed by atoms with Crippen molar-refractivity contribution in [1.29, 1.82) is 0 Å². The van der Waals surface area contributed by atoms with Gasteiger partial charge in [-0.3, -0.25) is 4.79 Å². The van der Waals surface area contributed by atoms with Gasteiger partial charge in [0.25, 0.3) is 0 Å². The third-order valence-corrected chi connectivity index (χ3v) is 3.38. The van der Waals surface area contributed by atoms with Crippen molar-refractivity contribution in [2.45, 2.75) is 19.4 Å². The second kappa shape index (κ2) is 5.25. The minimum Gasteiger partial charge on any atom is -0.508 e. The molecule has 0 saturated carbocycles. The molecule has 0 radical (unpaired) electrons. The monoisotopic (exact) mass is 270 g/mol. The lowest BCUT2D eigenvalue weighted by molar-refractivity contribution is -0.122. The van der Waals surface area contributed by atoms with E-state index in [4.69, 9.17) is 5.73 Å². The van der Waals surface area contributed by atoms with Crippen LogP contribution in [0.3, 0.4) is 0 Å². The first-order valence-electron chi connectivity index (χ1n) is 6.36. The maximum atomic E-state index is 11.9. The molecule has 0 spiro atoms. The Labute approximate surface area is 118 Å². The minimum atomic E-state index is -1.04. The molecule has 1 unspecified atom stereocenters. The quantitative estimate of drug-likeness (QED) is 0.799. The minimum absolute atomic E-state index is 0.149. The van der Waals surface area contributed by atoms with Crippen LogP contribution in [-0.2, 0) is 10.3 Å². The fourth-order valence-electron chi connectivity index (χ4n) is 2.00. The van der Waals surface area contributed by atoms with E-state index in [0.29, 0.717) is 5.56 Å². The van der Waals surface area contributed by atoms with Gasteiger partial charge in [-0.25, -0.2) is 0 Å². The Morgan fingerprint density at radius 2 is 1.65 bits per heavy atom. The van der Waals surface area contributed by atoms with Gasteiger partial charge >= 0.3 is 0 Å². The van der Waals surface area contributed by atoms with Crippen LogP contribution >= 0.6 is 0 Å². The molecule has 0 fully saturated rings. The molecule has 4 heteroatoms. The first kappa shape index (κ1) is 13.9. The van der Waals surface area contributed by atoms with E-state index in [1.54, 1.807) is 19.1 Å². The molecule has 1 amide bonds. The van der Waals surface area contributed by atoms with Gasteiger partial charge in [-0.05, 0) is 43.7 Å². The van der Waals surface area contributed by atoms with Crippen molar-refractivity contribution in [3.8, 4) is 5.75 Å². The van der Waals surface area contributed by atoms with Crippen molar-refractivity contribution in [2.24, 2.45) is 5.73 Å². The summed E-state index contributed by atoms with van der Waals surface area (Å²) in [7, 11) is 0. The van der Waals surface area contributed by atoms with Crippen LogP contribution in [-0.4, -0.2) is 11.0 Å². The molecule has 104 valence electrons. The molecule has 4 nitrogen and oxygen atoms in total. The zero-order valence-corrected chi connectivity index (χ0v) is 11.6. The maximum absolute atomic E-state index is 11.9. The molecule has 20 heavy (non-hydrogen) atoms. The summed E-state index contributed by atoms with van der Waals surface area (Å²) in [5.74, 6) is -0.334. The van der Waals surface area contributed by atoms with E-state index < -0.39 is 11.4 Å². The van der Waals surface area contributed by atoms with Crippen LogP contribution < -0.4 is 11.1 Å². The fraction of sp³-hybridized carbons (Fsp3) is 0.188. The fourth-order valence-corrected chi connectivity index (χ4v) is 2.00.